The van der Waals surface area contributed by atoms with Crippen molar-refractivity contribution in [2.45, 2.75) is 19.6 Å². The highest BCUT2D eigenvalue weighted by Gasteiger charge is 2.35. The van der Waals surface area contributed by atoms with E-state index in [1.807, 2.05) is 18.2 Å². The van der Waals surface area contributed by atoms with Gasteiger partial charge in [0.2, 0.25) is 5.95 Å². The molecular weight excluding hydrogens is 434 g/mol. The van der Waals surface area contributed by atoms with Crippen molar-refractivity contribution < 1.29 is 19.4 Å². The van der Waals surface area contributed by atoms with Crippen molar-refractivity contribution in [1.82, 2.24) is 14.8 Å². The number of halogens is 1. The van der Waals surface area contributed by atoms with Crippen LogP contribution >= 0.6 is 11.6 Å². The first kappa shape index (κ1) is 20.3. The quantitative estimate of drug-likeness (QED) is 0.556. The number of rotatable bonds is 4. The normalized spacial score (nSPS) is 16.9. The molecule has 3 N–H and O–H groups in total. The van der Waals surface area contributed by atoms with E-state index in [1.54, 1.807) is 35.9 Å². The molecule has 0 radical (unpaired) electrons. The Balaban J connectivity index is 1.58. The van der Waals surface area contributed by atoms with Gasteiger partial charge in [-0.3, -0.25) is 4.79 Å². The Labute approximate surface area is 188 Å². The Kier molecular flexibility index (Phi) is 5.20. The third-order valence-corrected chi connectivity index (χ3v) is 5.52. The number of ether oxygens (including phenoxy) is 2. The van der Waals surface area contributed by atoms with Crippen LogP contribution in [0.15, 0.2) is 53.7 Å². The number of aromatic nitrogens is 3. The first-order chi connectivity index (χ1) is 15.5. The maximum atomic E-state index is 13.4. The summed E-state index contributed by atoms with van der Waals surface area (Å²) in [5, 5.41) is 20.6. The zero-order chi connectivity index (χ0) is 22.2. The first-order valence-electron chi connectivity index (χ1n) is 10.0. The Morgan fingerprint density at radius 1 is 1.22 bits per heavy atom. The molecular formula is C22H20ClN5O4. The number of hydrogen-bond acceptors (Lipinski definition) is 7. The number of anilines is 2. The van der Waals surface area contributed by atoms with Gasteiger partial charge in [-0.1, -0.05) is 17.7 Å². The summed E-state index contributed by atoms with van der Waals surface area (Å²) in [5.41, 5.74) is 2.47. The number of aliphatic hydroxyl groups excluding tert-OH is 1. The summed E-state index contributed by atoms with van der Waals surface area (Å²) in [5.74, 6) is 1.64. The van der Waals surface area contributed by atoms with Gasteiger partial charge < -0.3 is 25.2 Å². The van der Waals surface area contributed by atoms with Crippen LogP contribution in [-0.4, -0.2) is 39.0 Å². The molecule has 1 unspecified atom stereocenters. The van der Waals surface area contributed by atoms with Crippen LogP contribution in [-0.2, 0) is 11.4 Å². The van der Waals surface area contributed by atoms with Crippen LogP contribution in [0.5, 0.6) is 11.5 Å². The van der Waals surface area contributed by atoms with Crippen LogP contribution in [0.2, 0.25) is 5.02 Å². The number of hydrogen-bond donors (Lipinski definition) is 3. The molecule has 32 heavy (non-hydrogen) atoms. The van der Waals surface area contributed by atoms with E-state index in [2.05, 4.69) is 20.7 Å². The fourth-order valence-corrected chi connectivity index (χ4v) is 3.95. The zero-order valence-electron chi connectivity index (χ0n) is 17.1. The number of allylic oxidation sites excluding steroid dienone is 1. The maximum absolute atomic E-state index is 13.4. The van der Waals surface area contributed by atoms with Crippen LogP contribution < -0.4 is 20.1 Å². The minimum atomic E-state index is -0.595. The molecule has 3 aromatic rings. The monoisotopic (exact) mass is 453 g/mol. The van der Waals surface area contributed by atoms with Gasteiger partial charge in [0.1, 0.15) is 25.9 Å². The van der Waals surface area contributed by atoms with Crippen molar-refractivity contribution >= 4 is 29.1 Å². The van der Waals surface area contributed by atoms with E-state index in [4.69, 9.17) is 21.1 Å². The molecule has 9 nitrogen and oxygen atoms in total. The molecule has 0 saturated carbocycles. The summed E-state index contributed by atoms with van der Waals surface area (Å²) in [4.78, 5) is 17.7. The third-order valence-electron chi connectivity index (χ3n) is 5.27. The topological polar surface area (TPSA) is 111 Å². The molecule has 10 heteroatoms. The number of fused-ring (bicyclic) bond motifs is 2. The van der Waals surface area contributed by atoms with Crippen molar-refractivity contribution in [2.24, 2.45) is 0 Å². The van der Waals surface area contributed by atoms with Crippen molar-refractivity contribution in [3.05, 3.63) is 70.1 Å². The number of carbonyl (C=O) groups is 1. The van der Waals surface area contributed by atoms with Crippen molar-refractivity contribution in [3.63, 3.8) is 0 Å². The fourth-order valence-electron chi connectivity index (χ4n) is 3.83. The van der Waals surface area contributed by atoms with Gasteiger partial charge >= 0.3 is 0 Å². The Hall–Kier alpha value is -3.56. The van der Waals surface area contributed by atoms with E-state index in [9.17, 15) is 9.90 Å². The Bertz CT molecular complexity index is 1220. The molecule has 2 aliphatic heterocycles. The molecule has 1 amide bonds. The van der Waals surface area contributed by atoms with Gasteiger partial charge in [0.15, 0.2) is 17.3 Å². The molecule has 0 aliphatic carbocycles. The van der Waals surface area contributed by atoms with Crippen LogP contribution in [0, 0.1) is 0 Å². The third kappa shape index (κ3) is 3.65. The predicted octanol–water partition coefficient (Wildman–Crippen LogP) is 3.12. The first-order valence-corrected chi connectivity index (χ1v) is 10.4. The molecule has 5 rings (SSSR count). The number of carbonyl (C=O) groups excluding carboxylic acids is 1. The molecule has 1 atom stereocenters. The van der Waals surface area contributed by atoms with E-state index >= 15 is 0 Å². The number of nitrogens with zero attached hydrogens (tertiary/aromatic N) is 3. The van der Waals surface area contributed by atoms with Gasteiger partial charge in [-0.2, -0.15) is 10.1 Å². The Morgan fingerprint density at radius 2 is 1.97 bits per heavy atom. The standard InChI is InChI=1S/C22H20ClN5O4/c1-12-19(21(30)25-15-5-3-14(23)4-6-15)20(28-22(24-12)26-18(11-29)27-28)13-2-7-16-17(10-13)32-9-8-31-16/h2-7,10,20,29H,8-9,11H2,1H3,(H,25,30)(H,24,26,27). The summed E-state index contributed by atoms with van der Waals surface area (Å²) in [6.07, 6.45) is 0. The highest BCUT2D eigenvalue weighted by Crippen LogP contribution is 2.40. The van der Waals surface area contributed by atoms with E-state index in [0.717, 1.165) is 5.56 Å². The average Bonchev–Trinajstić information content (AvgIpc) is 3.22. The predicted molar refractivity (Wildman–Crippen MR) is 118 cm³/mol. The van der Waals surface area contributed by atoms with Crippen LogP contribution in [0.3, 0.4) is 0 Å². The second kappa shape index (κ2) is 8.18. The minimum Gasteiger partial charge on any atom is -0.486 e. The lowest BCUT2D eigenvalue weighted by Crippen LogP contribution is -2.31. The molecule has 1 aromatic heterocycles. The zero-order valence-corrected chi connectivity index (χ0v) is 17.9. The number of nitrogens with one attached hydrogen (secondary N) is 2. The molecule has 3 heterocycles. The lowest BCUT2D eigenvalue weighted by molar-refractivity contribution is -0.113. The van der Waals surface area contributed by atoms with Gasteiger partial charge in [0.25, 0.3) is 5.91 Å². The highest BCUT2D eigenvalue weighted by atomic mass is 35.5. The summed E-state index contributed by atoms with van der Waals surface area (Å²) in [6.45, 7) is 2.42. The second-order valence-electron chi connectivity index (χ2n) is 7.38. The van der Waals surface area contributed by atoms with Crippen molar-refractivity contribution in [3.8, 4) is 11.5 Å². The Morgan fingerprint density at radius 3 is 2.72 bits per heavy atom. The SMILES string of the molecule is CC1=C(C(=O)Nc2ccc(Cl)cc2)C(c2ccc3c(c2)OCCO3)n2nc(CO)nc2N1. The molecule has 2 aromatic carbocycles. The lowest BCUT2D eigenvalue weighted by Gasteiger charge is -2.29. The molecule has 164 valence electrons. The van der Waals surface area contributed by atoms with E-state index in [1.165, 1.54) is 0 Å². The fraction of sp³-hybridized carbons (Fsp3) is 0.227. The van der Waals surface area contributed by atoms with Crippen molar-refractivity contribution in [1.29, 1.82) is 0 Å². The van der Waals surface area contributed by atoms with Crippen LogP contribution in [0.1, 0.15) is 24.4 Å². The summed E-state index contributed by atoms with van der Waals surface area (Å²) >= 11 is 5.96. The molecule has 0 spiro atoms. The van der Waals surface area contributed by atoms with Gasteiger partial charge in [-0.15, -0.1) is 0 Å². The van der Waals surface area contributed by atoms with Crippen LogP contribution in [0.4, 0.5) is 11.6 Å². The number of aliphatic hydroxyl groups is 1. The van der Waals surface area contributed by atoms with Gasteiger partial charge in [0, 0.05) is 16.4 Å². The van der Waals surface area contributed by atoms with Gasteiger partial charge in [-0.05, 0) is 48.9 Å². The maximum Gasteiger partial charge on any atom is 0.255 e. The van der Waals surface area contributed by atoms with Crippen molar-refractivity contribution in [2.75, 3.05) is 23.8 Å². The average molecular weight is 454 g/mol. The molecule has 2 aliphatic rings. The summed E-state index contributed by atoms with van der Waals surface area (Å²) < 4.78 is 13.0. The number of benzene rings is 2. The molecule has 0 saturated heterocycles. The lowest BCUT2D eigenvalue weighted by atomic mass is 9.94. The van der Waals surface area contributed by atoms with E-state index < -0.39 is 6.04 Å². The molecule has 0 bridgehead atoms. The van der Waals surface area contributed by atoms with E-state index in [-0.39, 0.29) is 18.3 Å². The minimum absolute atomic E-state index is 0.252. The smallest absolute Gasteiger partial charge is 0.255 e. The largest absolute Gasteiger partial charge is 0.486 e. The van der Waals surface area contributed by atoms with Gasteiger partial charge in [-0.25, -0.2) is 4.68 Å². The second-order valence-corrected chi connectivity index (χ2v) is 7.82. The molecule has 0 fully saturated rings. The number of amides is 1. The highest BCUT2D eigenvalue weighted by molar-refractivity contribution is 6.30. The van der Waals surface area contributed by atoms with Gasteiger partial charge in [0.05, 0.1) is 5.57 Å². The summed E-state index contributed by atoms with van der Waals surface area (Å²) in [6, 6.07) is 11.8. The summed E-state index contributed by atoms with van der Waals surface area (Å²) in [7, 11) is 0. The van der Waals surface area contributed by atoms with E-state index in [0.29, 0.717) is 52.6 Å². The van der Waals surface area contributed by atoms with Crippen LogP contribution in [0.25, 0.3) is 0 Å².